The fraction of sp³-hybridized carbons (Fsp3) is 0.562. The van der Waals surface area contributed by atoms with Gasteiger partial charge in [0.25, 0.3) is 0 Å². The summed E-state index contributed by atoms with van der Waals surface area (Å²) < 4.78 is 5.74. The van der Waals surface area contributed by atoms with E-state index >= 15 is 0 Å². The van der Waals surface area contributed by atoms with Crippen molar-refractivity contribution in [3.8, 4) is 5.75 Å². The first-order valence-electron chi connectivity index (χ1n) is 7.48. The van der Waals surface area contributed by atoms with Crippen LogP contribution in [0.2, 0.25) is 0 Å². The van der Waals surface area contributed by atoms with Gasteiger partial charge in [0, 0.05) is 5.75 Å². The maximum Gasteiger partial charge on any atom is 0.157 e. The predicted octanol–water partition coefficient (Wildman–Crippen LogP) is 3.38. The molecule has 2 atom stereocenters. The Bertz CT molecular complexity index is 472. The molecule has 0 aromatic heterocycles. The lowest BCUT2D eigenvalue weighted by atomic mass is 9.92. The van der Waals surface area contributed by atoms with Gasteiger partial charge in [-0.05, 0) is 31.9 Å². The van der Waals surface area contributed by atoms with Crippen LogP contribution in [0.25, 0.3) is 0 Å². The minimum absolute atomic E-state index is 0.532. The Morgan fingerprint density at radius 1 is 1.25 bits per heavy atom. The van der Waals surface area contributed by atoms with Gasteiger partial charge < -0.3 is 10.1 Å². The largest absolute Gasteiger partial charge is 0.493 e. The molecule has 108 valence electrons. The first kappa shape index (κ1) is 13.8. The first-order chi connectivity index (χ1) is 9.81. The zero-order valence-corrected chi connectivity index (χ0v) is 12.8. The van der Waals surface area contributed by atoms with Crippen LogP contribution in [0.3, 0.4) is 0 Å². The minimum Gasteiger partial charge on any atom is -0.493 e. The highest BCUT2D eigenvalue weighted by Crippen LogP contribution is 2.26. The Morgan fingerprint density at radius 2 is 2.05 bits per heavy atom. The molecule has 0 spiro atoms. The Hall–Kier alpha value is -1.16. The van der Waals surface area contributed by atoms with Crippen molar-refractivity contribution in [2.24, 2.45) is 4.99 Å². The van der Waals surface area contributed by atoms with Crippen molar-refractivity contribution in [1.29, 1.82) is 0 Å². The molecule has 0 bridgehead atoms. The van der Waals surface area contributed by atoms with Gasteiger partial charge in [0.2, 0.25) is 0 Å². The van der Waals surface area contributed by atoms with Crippen LogP contribution in [0.5, 0.6) is 5.75 Å². The molecule has 1 aromatic rings. The number of fused-ring (bicyclic) bond motifs is 1. The van der Waals surface area contributed by atoms with Crippen LogP contribution in [0.1, 0.15) is 31.2 Å². The number of amidine groups is 1. The van der Waals surface area contributed by atoms with Gasteiger partial charge in [0.15, 0.2) is 5.17 Å². The summed E-state index contributed by atoms with van der Waals surface area (Å²) >= 11 is 1.79. The fourth-order valence-electron chi connectivity index (χ4n) is 2.79. The number of thioether (sulfide) groups is 1. The van der Waals surface area contributed by atoms with Crippen molar-refractivity contribution in [3.63, 3.8) is 0 Å². The SMILES string of the molecule is Cc1ccc(OCCSC2=N[C@H]3CCCC[C@@H]3N2)cc1. The van der Waals surface area contributed by atoms with Crippen LogP contribution in [0.4, 0.5) is 0 Å². The molecule has 1 aliphatic carbocycles. The van der Waals surface area contributed by atoms with Crippen molar-refractivity contribution in [3.05, 3.63) is 29.8 Å². The molecule has 1 saturated carbocycles. The standard InChI is InChI=1S/C16H22N2OS/c1-12-6-8-13(9-7-12)19-10-11-20-16-17-14-4-2-3-5-15(14)18-16/h6-9,14-15H,2-5,10-11H2,1H3,(H,17,18)/t14-,15-/m0/s1. The lowest BCUT2D eigenvalue weighted by Crippen LogP contribution is -2.36. The topological polar surface area (TPSA) is 33.6 Å². The lowest BCUT2D eigenvalue weighted by molar-refractivity contribution is 0.344. The highest BCUT2D eigenvalue weighted by Gasteiger charge is 2.30. The van der Waals surface area contributed by atoms with Gasteiger partial charge in [0.05, 0.1) is 18.7 Å². The highest BCUT2D eigenvalue weighted by molar-refractivity contribution is 8.13. The Balaban J connectivity index is 1.39. The lowest BCUT2D eigenvalue weighted by Gasteiger charge is -2.23. The van der Waals surface area contributed by atoms with Crippen LogP contribution >= 0.6 is 11.8 Å². The van der Waals surface area contributed by atoms with E-state index in [4.69, 9.17) is 9.73 Å². The van der Waals surface area contributed by atoms with Crippen molar-refractivity contribution < 1.29 is 4.74 Å². The van der Waals surface area contributed by atoms with E-state index in [0.29, 0.717) is 12.1 Å². The van der Waals surface area contributed by atoms with Crippen molar-refractivity contribution in [2.75, 3.05) is 12.4 Å². The monoisotopic (exact) mass is 290 g/mol. The van der Waals surface area contributed by atoms with Crippen LogP contribution in [-0.2, 0) is 0 Å². The number of aryl methyl sites for hydroxylation is 1. The maximum absolute atomic E-state index is 5.74. The van der Waals surface area contributed by atoms with E-state index in [1.54, 1.807) is 11.8 Å². The number of hydrogen-bond donors (Lipinski definition) is 1. The molecule has 1 aromatic carbocycles. The van der Waals surface area contributed by atoms with Crippen LogP contribution in [0.15, 0.2) is 29.3 Å². The second kappa shape index (κ2) is 6.53. The molecule has 3 rings (SSSR count). The number of benzene rings is 1. The van der Waals surface area contributed by atoms with Gasteiger partial charge in [-0.3, -0.25) is 4.99 Å². The predicted molar refractivity (Wildman–Crippen MR) is 85.7 cm³/mol. The molecular weight excluding hydrogens is 268 g/mol. The summed E-state index contributed by atoms with van der Waals surface area (Å²) in [6.45, 7) is 2.81. The molecule has 0 amide bonds. The van der Waals surface area contributed by atoms with Gasteiger partial charge in [0.1, 0.15) is 5.75 Å². The van der Waals surface area contributed by atoms with E-state index < -0.39 is 0 Å². The highest BCUT2D eigenvalue weighted by atomic mass is 32.2. The molecular formula is C16H22N2OS. The average molecular weight is 290 g/mol. The summed E-state index contributed by atoms with van der Waals surface area (Å²) in [5, 5.41) is 4.68. The summed E-state index contributed by atoms with van der Waals surface area (Å²) in [6, 6.07) is 9.35. The second-order valence-electron chi connectivity index (χ2n) is 5.55. The second-order valence-corrected chi connectivity index (χ2v) is 6.63. The Kier molecular flexibility index (Phi) is 4.51. The zero-order chi connectivity index (χ0) is 13.8. The molecule has 1 heterocycles. The molecule has 1 aliphatic heterocycles. The molecule has 0 unspecified atom stereocenters. The third-order valence-corrected chi connectivity index (χ3v) is 4.80. The molecule has 4 heteroatoms. The molecule has 2 aliphatic rings. The summed E-state index contributed by atoms with van der Waals surface area (Å²) in [5.74, 6) is 1.89. The molecule has 0 saturated heterocycles. The van der Waals surface area contributed by atoms with Crippen molar-refractivity contribution in [2.45, 2.75) is 44.7 Å². The average Bonchev–Trinajstić information content (AvgIpc) is 2.88. The number of nitrogens with one attached hydrogen (secondary N) is 1. The first-order valence-corrected chi connectivity index (χ1v) is 8.46. The van der Waals surface area contributed by atoms with E-state index in [1.165, 1.54) is 31.2 Å². The third kappa shape index (κ3) is 3.48. The summed E-state index contributed by atoms with van der Waals surface area (Å²) in [7, 11) is 0. The van der Waals surface area contributed by atoms with Gasteiger partial charge in [-0.25, -0.2) is 0 Å². The van der Waals surface area contributed by atoms with E-state index in [0.717, 1.165) is 23.3 Å². The zero-order valence-electron chi connectivity index (χ0n) is 12.0. The third-order valence-electron chi connectivity index (χ3n) is 3.93. The van der Waals surface area contributed by atoms with Gasteiger partial charge in [-0.2, -0.15) is 0 Å². The summed E-state index contributed by atoms with van der Waals surface area (Å²) in [5.41, 5.74) is 1.26. The van der Waals surface area contributed by atoms with E-state index in [-0.39, 0.29) is 0 Å². The normalized spacial score (nSPS) is 24.8. The number of aliphatic imine (C=N–C) groups is 1. The number of ether oxygens (including phenoxy) is 1. The maximum atomic E-state index is 5.74. The van der Waals surface area contributed by atoms with E-state index in [9.17, 15) is 0 Å². The molecule has 3 nitrogen and oxygen atoms in total. The Labute approximate surface area is 125 Å². The van der Waals surface area contributed by atoms with Crippen LogP contribution in [0, 0.1) is 6.92 Å². The van der Waals surface area contributed by atoms with Gasteiger partial charge in [-0.15, -0.1) is 0 Å². The number of hydrogen-bond acceptors (Lipinski definition) is 4. The number of rotatable bonds is 4. The van der Waals surface area contributed by atoms with Crippen LogP contribution in [-0.4, -0.2) is 29.6 Å². The smallest absolute Gasteiger partial charge is 0.157 e. The quantitative estimate of drug-likeness (QED) is 0.863. The van der Waals surface area contributed by atoms with Gasteiger partial charge in [-0.1, -0.05) is 42.3 Å². The van der Waals surface area contributed by atoms with E-state index in [2.05, 4.69) is 24.4 Å². The van der Waals surface area contributed by atoms with Crippen LogP contribution < -0.4 is 10.1 Å². The summed E-state index contributed by atoms with van der Waals surface area (Å²) in [6.07, 6.45) is 5.21. The Morgan fingerprint density at radius 3 is 2.85 bits per heavy atom. The van der Waals surface area contributed by atoms with Gasteiger partial charge >= 0.3 is 0 Å². The van der Waals surface area contributed by atoms with Crippen molar-refractivity contribution >= 4 is 16.9 Å². The molecule has 1 fully saturated rings. The van der Waals surface area contributed by atoms with Crippen molar-refractivity contribution in [1.82, 2.24) is 5.32 Å². The summed E-state index contributed by atoms with van der Waals surface area (Å²) in [4.78, 5) is 4.78. The fourth-order valence-corrected chi connectivity index (χ4v) is 3.60. The minimum atomic E-state index is 0.532. The number of nitrogens with zero attached hydrogens (tertiary/aromatic N) is 1. The van der Waals surface area contributed by atoms with E-state index in [1.807, 2.05) is 12.1 Å². The molecule has 20 heavy (non-hydrogen) atoms. The molecule has 1 N–H and O–H groups in total. The molecule has 0 radical (unpaired) electrons.